The van der Waals surface area contributed by atoms with Crippen molar-refractivity contribution < 1.29 is 19.1 Å². The molecule has 1 saturated heterocycles. The van der Waals surface area contributed by atoms with Crippen molar-refractivity contribution in [3.63, 3.8) is 0 Å². The minimum absolute atomic E-state index is 0.0127. The molecule has 2 heterocycles. The van der Waals surface area contributed by atoms with Gasteiger partial charge in [-0.05, 0) is 55.5 Å². The second-order valence-corrected chi connectivity index (χ2v) is 10.5. The number of anilines is 2. The van der Waals surface area contributed by atoms with Gasteiger partial charge in [-0.25, -0.2) is 4.79 Å². The predicted molar refractivity (Wildman–Crippen MR) is 151 cm³/mol. The molecule has 9 heteroatoms. The topological polar surface area (TPSA) is 87.7 Å². The highest BCUT2D eigenvalue weighted by Crippen LogP contribution is 2.36. The van der Waals surface area contributed by atoms with Gasteiger partial charge in [0, 0.05) is 41.9 Å². The monoisotopic (exact) mass is 537 g/mol. The van der Waals surface area contributed by atoms with E-state index < -0.39 is 5.97 Å². The summed E-state index contributed by atoms with van der Waals surface area (Å²) in [5.74, 6) is -0.389. The smallest absolute Gasteiger partial charge is 0.341 e. The van der Waals surface area contributed by atoms with Crippen LogP contribution in [-0.2, 0) is 9.53 Å². The summed E-state index contributed by atoms with van der Waals surface area (Å²) < 4.78 is 8.37. The summed E-state index contributed by atoms with van der Waals surface area (Å²) >= 11 is 2.86. The second kappa shape index (κ2) is 12.8. The van der Waals surface area contributed by atoms with Gasteiger partial charge in [0.05, 0.1) is 12.2 Å². The van der Waals surface area contributed by atoms with Gasteiger partial charge in [-0.3, -0.25) is 9.59 Å². The predicted octanol–water partition coefficient (Wildman–Crippen LogP) is 6.16. The molecule has 1 aliphatic heterocycles. The van der Waals surface area contributed by atoms with Crippen LogP contribution in [0.5, 0.6) is 0 Å². The lowest BCUT2D eigenvalue weighted by molar-refractivity contribution is -0.117. The summed E-state index contributed by atoms with van der Waals surface area (Å²) in [6.07, 6.45) is 3.79. The van der Waals surface area contributed by atoms with Gasteiger partial charge >= 0.3 is 5.97 Å². The molecule has 2 N–H and O–H groups in total. The van der Waals surface area contributed by atoms with Crippen LogP contribution in [0.1, 0.15) is 46.9 Å². The molecule has 0 spiro atoms. The first-order valence-corrected chi connectivity index (χ1v) is 14.4. The van der Waals surface area contributed by atoms with Crippen LogP contribution in [0, 0.1) is 5.92 Å². The summed E-state index contributed by atoms with van der Waals surface area (Å²) in [5, 5.41) is 3.46. The number of hydrogen-bond donors (Lipinski definition) is 2. The fraction of sp³-hybridized carbons (Fsp3) is 0.321. The lowest BCUT2D eigenvalue weighted by atomic mass is 9.93. The average Bonchev–Trinajstić information content (AvgIpc) is 3.33. The molecule has 2 amide bonds. The van der Waals surface area contributed by atoms with E-state index in [1.807, 2.05) is 65.8 Å². The molecule has 7 nitrogen and oxygen atoms in total. The largest absolute Gasteiger partial charge is 0.462 e. The van der Waals surface area contributed by atoms with Crippen LogP contribution in [0.3, 0.4) is 0 Å². The molecular weight excluding hydrogens is 506 g/mol. The fourth-order valence-corrected chi connectivity index (χ4v) is 5.82. The molecule has 3 aromatic rings. The average molecular weight is 538 g/mol. The van der Waals surface area contributed by atoms with Crippen molar-refractivity contribution in [2.75, 3.05) is 36.0 Å². The van der Waals surface area contributed by atoms with E-state index in [9.17, 15) is 14.4 Å². The first-order valence-electron chi connectivity index (χ1n) is 12.3. The number of nitrogens with zero attached hydrogens (tertiary/aromatic N) is 1. The Morgan fingerprint density at radius 3 is 2.51 bits per heavy atom. The van der Waals surface area contributed by atoms with Gasteiger partial charge in [0.2, 0.25) is 5.91 Å². The van der Waals surface area contributed by atoms with E-state index in [-0.39, 0.29) is 24.3 Å². The van der Waals surface area contributed by atoms with Crippen LogP contribution in [0.15, 0.2) is 60.7 Å². The Balaban J connectivity index is 1.36. The SMILES string of the molecule is CCOC(=O)c1cc(-c2ccccc2)sc1NC(=O)CC1CCN(C(=O)c2cccc(NSC)c2)CC1. The Morgan fingerprint density at radius 2 is 1.81 bits per heavy atom. The quantitative estimate of drug-likeness (QED) is 0.251. The lowest BCUT2D eigenvalue weighted by Gasteiger charge is -2.32. The summed E-state index contributed by atoms with van der Waals surface area (Å²) in [6, 6.07) is 19.0. The number of thiophene rings is 1. The molecule has 0 atom stereocenters. The summed E-state index contributed by atoms with van der Waals surface area (Å²) in [4.78, 5) is 41.2. The first-order chi connectivity index (χ1) is 18.0. The zero-order chi connectivity index (χ0) is 26.2. The van der Waals surface area contributed by atoms with Gasteiger partial charge in [0.25, 0.3) is 5.91 Å². The van der Waals surface area contributed by atoms with E-state index in [4.69, 9.17) is 4.74 Å². The van der Waals surface area contributed by atoms with Gasteiger partial charge in [0.1, 0.15) is 5.00 Å². The molecule has 194 valence electrons. The van der Waals surface area contributed by atoms with Crippen LogP contribution in [0.25, 0.3) is 10.4 Å². The van der Waals surface area contributed by atoms with Crippen molar-refractivity contribution in [1.29, 1.82) is 0 Å². The maximum atomic E-state index is 13.0. The molecule has 0 saturated carbocycles. The molecule has 1 aromatic heterocycles. The van der Waals surface area contributed by atoms with Gasteiger partial charge in [-0.2, -0.15) is 0 Å². The third-order valence-electron chi connectivity index (χ3n) is 6.24. The zero-order valence-electron chi connectivity index (χ0n) is 21.0. The molecule has 0 bridgehead atoms. The second-order valence-electron chi connectivity index (χ2n) is 8.81. The van der Waals surface area contributed by atoms with Gasteiger partial charge in [0.15, 0.2) is 0 Å². The standard InChI is InChI=1S/C28H31N3O4S2/c1-3-35-28(34)23-18-24(20-8-5-4-6-9-20)37-26(23)29-25(32)16-19-12-14-31(15-13-19)27(33)21-10-7-11-22(17-21)30-36-2/h4-11,17-19,30H,3,12-16H2,1-2H3,(H,29,32). The number of benzene rings is 2. The molecule has 1 aliphatic rings. The highest BCUT2D eigenvalue weighted by Gasteiger charge is 2.26. The molecule has 2 aromatic carbocycles. The van der Waals surface area contributed by atoms with Gasteiger partial charge in [-0.15, -0.1) is 11.3 Å². The maximum absolute atomic E-state index is 13.0. The Hall–Kier alpha value is -3.30. The van der Waals surface area contributed by atoms with Crippen LogP contribution < -0.4 is 10.0 Å². The lowest BCUT2D eigenvalue weighted by Crippen LogP contribution is -2.39. The van der Waals surface area contributed by atoms with Crippen molar-refractivity contribution in [3.05, 3.63) is 71.8 Å². The van der Waals surface area contributed by atoms with Crippen molar-refractivity contribution in [2.45, 2.75) is 26.2 Å². The number of esters is 1. The van der Waals surface area contributed by atoms with Crippen molar-refractivity contribution in [2.24, 2.45) is 5.92 Å². The fourth-order valence-electron chi connectivity index (χ4n) is 4.39. The van der Waals surface area contributed by atoms with E-state index in [1.54, 1.807) is 13.0 Å². The Kier molecular flexibility index (Phi) is 9.24. The Bertz CT molecular complexity index is 1240. The van der Waals surface area contributed by atoms with Crippen LogP contribution in [0.4, 0.5) is 10.7 Å². The molecule has 4 rings (SSSR count). The number of rotatable bonds is 9. The van der Waals surface area contributed by atoms with Gasteiger partial charge in [-0.1, -0.05) is 48.3 Å². The summed E-state index contributed by atoms with van der Waals surface area (Å²) in [6.45, 7) is 3.25. The number of ether oxygens (including phenoxy) is 1. The molecule has 37 heavy (non-hydrogen) atoms. The van der Waals surface area contributed by atoms with Gasteiger partial charge < -0.3 is 19.7 Å². The third kappa shape index (κ3) is 6.93. The number of amides is 2. The van der Waals surface area contributed by atoms with Crippen LogP contribution in [0.2, 0.25) is 0 Å². The minimum Gasteiger partial charge on any atom is -0.462 e. The zero-order valence-corrected chi connectivity index (χ0v) is 22.6. The highest BCUT2D eigenvalue weighted by atomic mass is 32.2. The van der Waals surface area contributed by atoms with E-state index in [1.165, 1.54) is 23.3 Å². The molecular formula is C28H31N3O4S2. The first kappa shape index (κ1) is 26.8. The summed E-state index contributed by atoms with van der Waals surface area (Å²) in [5.41, 5.74) is 2.91. The number of carbonyl (C=O) groups excluding carboxylic acids is 3. The number of nitrogens with one attached hydrogen (secondary N) is 2. The van der Waals surface area contributed by atoms with Crippen molar-refractivity contribution in [1.82, 2.24) is 4.90 Å². The molecule has 1 fully saturated rings. The van der Waals surface area contributed by atoms with Crippen LogP contribution >= 0.6 is 23.3 Å². The number of likely N-dealkylation sites (tertiary alicyclic amines) is 1. The number of carbonyl (C=O) groups is 3. The summed E-state index contributed by atoms with van der Waals surface area (Å²) in [7, 11) is 0. The normalized spacial score (nSPS) is 13.7. The maximum Gasteiger partial charge on any atom is 0.341 e. The van der Waals surface area contributed by atoms with Crippen LogP contribution in [-0.4, -0.2) is 48.6 Å². The minimum atomic E-state index is -0.445. The molecule has 0 unspecified atom stereocenters. The van der Waals surface area contributed by atoms with Crippen molar-refractivity contribution >= 4 is 51.8 Å². The van der Waals surface area contributed by atoms with E-state index in [0.29, 0.717) is 35.6 Å². The third-order valence-corrected chi connectivity index (χ3v) is 7.78. The Labute approximate surface area is 225 Å². The number of hydrogen-bond acceptors (Lipinski definition) is 7. The molecule has 0 aliphatic carbocycles. The van der Waals surface area contributed by atoms with Crippen molar-refractivity contribution in [3.8, 4) is 10.4 Å². The van der Waals surface area contributed by atoms with E-state index in [2.05, 4.69) is 10.0 Å². The highest BCUT2D eigenvalue weighted by molar-refractivity contribution is 7.99. The molecule has 0 radical (unpaired) electrons. The van der Waals surface area contributed by atoms with E-state index >= 15 is 0 Å². The Morgan fingerprint density at radius 1 is 1.05 bits per heavy atom. The van der Waals surface area contributed by atoms with E-state index in [0.717, 1.165) is 29.0 Å². The number of piperidine rings is 1.